The monoisotopic (exact) mass is 416 g/mol. The van der Waals surface area contributed by atoms with E-state index in [1.165, 1.54) is 12.1 Å². The molecule has 1 heterocycles. The van der Waals surface area contributed by atoms with Crippen LogP contribution in [0.1, 0.15) is 22.3 Å². The Kier molecular flexibility index (Phi) is 6.95. The molecule has 1 aromatic heterocycles. The number of rotatable bonds is 8. The van der Waals surface area contributed by atoms with Crippen molar-refractivity contribution in [2.24, 2.45) is 0 Å². The van der Waals surface area contributed by atoms with Gasteiger partial charge in [-0.1, -0.05) is 24.3 Å². The fourth-order valence-corrected chi connectivity index (χ4v) is 3.31. The van der Waals surface area contributed by atoms with Crippen LogP contribution in [-0.2, 0) is 25.8 Å². The summed E-state index contributed by atoms with van der Waals surface area (Å²) in [5.41, 5.74) is 1.43. The van der Waals surface area contributed by atoms with E-state index in [1.54, 1.807) is 38.7 Å². The van der Waals surface area contributed by atoms with Crippen molar-refractivity contribution in [2.75, 3.05) is 14.2 Å². The molecule has 0 bridgehead atoms. The summed E-state index contributed by atoms with van der Waals surface area (Å²) < 4.78 is 51.2. The lowest BCUT2D eigenvalue weighted by molar-refractivity contribution is -0.138. The average molecular weight is 416 g/mol. The van der Waals surface area contributed by atoms with E-state index in [0.717, 1.165) is 17.2 Å². The van der Waals surface area contributed by atoms with Crippen molar-refractivity contribution >= 4 is 0 Å². The fourth-order valence-electron chi connectivity index (χ4n) is 3.31. The average Bonchev–Trinajstić information content (AvgIpc) is 2.74. The van der Waals surface area contributed by atoms with Crippen LogP contribution in [0.25, 0.3) is 0 Å². The highest BCUT2D eigenvalue weighted by atomic mass is 19.4. The van der Waals surface area contributed by atoms with Gasteiger partial charge in [-0.15, -0.1) is 0 Å². The molecule has 0 amide bonds. The first kappa shape index (κ1) is 21.6. The van der Waals surface area contributed by atoms with Gasteiger partial charge in [-0.25, -0.2) is 0 Å². The number of ether oxygens (including phenoxy) is 2. The summed E-state index contributed by atoms with van der Waals surface area (Å²) in [7, 11) is 3.13. The Bertz CT molecular complexity index is 962. The molecule has 0 aliphatic rings. The summed E-state index contributed by atoms with van der Waals surface area (Å²) in [5.74, 6) is 1.27. The van der Waals surface area contributed by atoms with Crippen molar-refractivity contribution in [3.63, 3.8) is 0 Å². The first-order valence-corrected chi connectivity index (χ1v) is 9.38. The lowest BCUT2D eigenvalue weighted by Gasteiger charge is -2.25. The van der Waals surface area contributed by atoms with E-state index in [2.05, 4.69) is 4.98 Å². The molecule has 7 heteroatoms. The van der Waals surface area contributed by atoms with Crippen molar-refractivity contribution in [3.8, 4) is 11.5 Å². The van der Waals surface area contributed by atoms with Gasteiger partial charge in [0.15, 0.2) is 0 Å². The standard InChI is InChI=1S/C23H23F3N2O2/c1-29-20-8-7-19(22(13-20)30-2)16-28(14-17-9-11-27-12-10-17)15-18-5-3-4-6-21(18)23(24,25)26/h3-13H,14-16H2,1-2H3. The van der Waals surface area contributed by atoms with Gasteiger partial charge < -0.3 is 9.47 Å². The van der Waals surface area contributed by atoms with E-state index in [9.17, 15) is 13.2 Å². The Morgan fingerprint density at radius 3 is 2.20 bits per heavy atom. The minimum atomic E-state index is -4.41. The SMILES string of the molecule is COc1ccc(CN(Cc2ccncc2)Cc2ccccc2C(F)(F)F)c(OC)c1. The summed E-state index contributed by atoms with van der Waals surface area (Å²) in [6.45, 7) is 0.999. The van der Waals surface area contributed by atoms with Gasteiger partial charge in [0.1, 0.15) is 11.5 Å². The topological polar surface area (TPSA) is 34.6 Å². The summed E-state index contributed by atoms with van der Waals surface area (Å²) in [6.07, 6.45) is -1.06. The summed E-state index contributed by atoms with van der Waals surface area (Å²) in [4.78, 5) is 5.96. The van der Waals surface area contributed by atoms with Gasteiger partial charge in [-0.05, 0) is 35.4 Å². The smallest absolute Gasteiger partial charge is 0.416 e. The molecule has 0 unspecified atom stereocenters. The number of nitrogens with zero attached hydrogens (tertiary/aromatic N) is 2. The molecule has 0 saturated carbocycles. The van der Waals surface area contributed by atoms with Crippen LogP contribution in [0.15, 0.2) is 67.0 Å². The van der Waals surface area contributed by atoms with E-state index < -0.39 is 11.7 Å². The van der Waals surface area contributed by atoms with Crippen LogP contribution in [0.2, 0.25) is 0 Å². The van der Waals surface area contributed by atoms with Crippen LogP contribution < -0.4 is 9.47 Å². The molecule has 0 aliphatic carbocycles. The van der Waals surface area contributed by atoms with Crippen LogP contribution in [0.4, 0.5) is 13.2 Å². The molecule has 158 valence electrons. The largest absolute Gasteiger partial charge is 0.497 e. The second kappa shape index (κ2) is 9.63. The minimum Gasteiger partial charge on any atom is -0.497 e. The maximum Gasteiger partial charge on any atom is 0.416 e. The zero-order valence-electron chi connectivity index (χ0n) is 16.8. The third-order valence-corrected chi connectivity index (χ3v) is 4.76. The summed E-state index contributed by atoms with van der Waals surface area (Å²) in [5, 5.41) is 0. The molecule has 0 spiro atoms. The molecule has 0 saturated heterocycles. The molecule has 30 heavy (non-hydrogen) atoms. The molecule has 0 fully saturated rings. The summed E-state index contributed by atoms with van der Waals surface area (Å²) >= 11 is 0. The van der Waals surface area contributed by atoms with E-state index in [1.807, 2.05) is 29.2 Å². The molecule has 0 atom stereocenters. The normalized spacial score (nSPS) is 11.5. The lowest BCUT2D eigenvalue weighted by atomic mass is 10.1. The molecule has 3 aromatic rings. The fraction of sp³-hybridized carbons (Fsp3) is 0.261. The molecule has 2 aromatic carbocycles. The van der Waals surface area contributed by atoms with Crippen molar-refractivity contribution in [3.05, 3.63) is 89.2 Å². The predicted molar refractivity (Wildman–Crippen MR) is 108 cm³/mol. The maximum absolute atomic E-state index is 13.5. The van der Waals surface area contributed by atoms with Gasteiger partial charge in [0, 0.05) is 43.7 Å². The molecular formula is C23H23F3N2O2. The van der Waals surface area contributed by atoms with Crippen molar-refractivity contribution < 1.29 is 22.6 Å². The second-order valence-electron chi connectivity index (χ2n) is 6.83. The Hall–Kier alpha value is -3.06. The van der Waals surface area contributed by atoms with E-state index in [-0.39, 0.29) is 12.1 Å². The van der Waals surface area contributed by atoms with Crippen LogP contribution in [-0.4, -0.2) is 24.1 Å². The Morgan fingerprint density at radius 1 is 0.833 bits per heavy atom. The zero-order chi connectivity index (χ0) is 21.6. The van der Waals surface area contributed by atoms with Gasteiger partial charge in [0.2, 0.25) is 0 Å². The van der Waals surface area contributed by atoms with Crippen molar-refractivity contribution in [1.82, 2.24) is 9.88 Å². The van der Waals surface area contributed by atoms with Gasteiger partial charge >= 0.3 is 6.18 Å². The van der Waals surface area contributed by atoms with E-state index >= 15 is 0 Å². The Balaban J connectivity index is 1.92. The van der Waals surface area contributed by atoms with Crippen LogP contribution in [0.5, 0.6) is 11.5 Å². The molecule has 0 radical (unpaired) electrons. The zero-order valence-corrected chi connectivity index (χ0v) is 16.8. The van der Waals surface area contributed by atoms with Crippen molar-refractivity contribution in [1.29, 1.82) is 0 Å². The highest BCUT2D eigenvalue weighted by molar-refractivity contribution is 5.41. The molecule has 3 rings (SSSR count). The minimum absolute atomic E-state index is 0.132. The van der Waals surface area contributed by atoms with Crippen LogP contribution in [0.3, 0.4) is 0 Å². The number of halogens is 3. The van der Waals surface area contributed by atoms with Crippen molar-refractivity contribution in [2.45, 2.75) is 25.8 Å². The van der Waals surface area contributed by atoms with E-state index in [0.29, 0.717) is 24.6 Å². The van der Waals surface area contributed by atoms with E-state index in [4.69, 9.17) is 9.47 Å². The number of hydrogen-bond donors (Lipinski definition) is 0. The molecule has 0 N–H and O–H groups in total. The molecule has 4 nitrogen and oxygen atoms in total. The number of hydrogen-bond acceptors (Lipinski definition) is 4. The third kappa shape index (κ3) is 5.51. The second-order valence-corrected chi connectivity index (χ2v) is 6.83. The van der Waals surface area contributed by atoms with Crippen LogP contribution >= 0.6 is 0 Å². The van der Waals surface area contributed by atoms with Crippen LogP contribution in [0, 0.1) is 0 Å². The number of methoxy groups -OCH3 is 2. The van der Waals surface area contributed by atoms with Gasteiger partial charge in [-0.3, -0.25) is 9.88 Å². The Labute approximate surface area is 173 Å². The number of pyridine rings is 1. The molecule has 0 aliphatic heterocycles. The quantitative estimate of drug-likeness (QED) is 0.498. The first-order valence-electron chi connectivity index (χ1n) is 9.38. The maximum atomic E-state index is 13.5. The lowest BCUT2D eigenvalue weighted by Crippen LogP contribution is -2.24. The van der Waals surface area contributed by atoms with Gasteiger partial charge in [0.25, 0.3) is 0 Å². The predicted octanol–water partition coefficient (Wildman–Crippen LogP) is 5.32. The van der Waals surface area contributed by atoms with Gasteiger partial charge in [-0.2, -0.15) is 13.2 Å². The highest BCUT2D eigenvalue weighted by Gasteiger charge is 2.33. The van der Waals surface area contributed by atoms with Gasteiger partial charge in [0.05, 0.1) is 19.8 Å². The number of alkyl halides is 3. The summed E-state index contributed by atoms with van der Waals surface area (Å²) in [6, 6.07) is 14.8. The Morgan fingerprint density at radius 2 is 1.53 bits per heavy atom. The first-order chi connectivity index (χ1) is 14.4. The number of aromatic nitrogens is 1. The third-order valence-electron chi connectivity index (χ3n) is 4.76. The molecular weight excluding hydrogens is 393 g/mol. The number of benzene rings is 2. The highest BCUT2D eigenvalue weighted by Crippen LogP contribution is 2.33.